The number of carbonyl (C=O) groups excluding carboxylic acids is 1. The van der Waals surface area contributed by atoms with Gasteiger partial charge in [-0.05, 0) is 44.3 Å². The van der Waals surface area contributed by atoms with Gasteiger partial charge in [0.2, 0.25) is 0 Å². The molecule has 1 amide bonds. The lowest BCUT2D eigenvalue weighted by atomic mass is 9.99. The Morgan fingerprint density at radius 1 is 1.63 bits per heavy atom. The maximum atomic E-state index is 12.4. The van der Waals surface area contributed by atoms with Crippen LogP contribution in [-0.2, 0) is 13.5 Å². The summed E-state index contributed by atoms with van der Waals surface area (Å²) in [7, 11) is 3.72. The number of amides is 1. The summed E-state index contributed by atoms with van der Waals surface area (Å²) in [6, 6.07) is 1.90. The van der Waals surface area contributed by atoms with Crippen molar-refractivity contribution in [1.29, 1.82) is 0 Å². The van der Waals surface area contributed by atoms with E-state index in [4.69, 9.17) is 0 Å². The van der Waals surface area contributed by atoms with Crippen molar-refractivity contribution in [2.75, 3.05) is 26.7 Å². The molecule has 1 atom stereocenters. The quantitative estimate of drug-likeness (QED) is 0.884. The molecule has 0 aromatic carbocycles. The fraction of sp³-hybridized carbons (Fsp3) is 0.714. The van der Waals surface area contributed by atoms with Crippen molar-refractivity contribution in [3.05, 3.63) is 17.5 Å². The fourth-order valence-corrected chi connectivity index (χ4v) is 2.65. The highest BCUT2D eigenvalue weighted by Crippen LogP contribution is 2.13. The van der Waals surface area contributed by atoms with Crippen LogP contribution in [0.3, 0.4) is 0 Å². The van der Waals surface area contributed by atoms with E-state index in [1.54, 1.807) is 4.68 Å². The van der Waals surface area contributed by atoms with Crippen LogP contribution in [0, 0.1) is 5.92 Å². The number of carbonyl (C=O) groups is 1. The zero-order valence-electron chi connectivity index (χ0n) is 12.1. The molecule has 19 heavy (non-hydrogen) atoms. The lowest BCUT2D eigenvalue weighted by Gasteiger charge is -2.27. The minimum absolute atomic E-state index is 0.0697. The lowest BCUT2D eigenvalue weighted by Crippen LogP contribution is -2.39. The normalized spacial score (nSPS) is 19.4. The Labute approximate surface area is 115 Å². The van der Waals surface area contributed by atoms with Gasteiger partial charge in [0.15, 0.2) is 0 Å². The molecule has 2 heterocycles. The molecule has 106 valence electrons. The molecule has 1 aromatic heterocycles. The molecule has 1 aromatic rings. The molecular weight excluding hydrogens is 240 g/mol. The van der Waals surface area contributed by atoms with Crippen molar-refractivity contribution in [2.45, 2.75) is 26.2 Å². The summed E-state index contributed by atoms with van der Waals surface area (Å²) in [4.78, 5) is 14.2. The molecular formula is C14H24N4O. The van der Waals surface area contributed by atoms with E-state index >= 15 is 0 Å². The van der Waals surface area contributed by atoms with Gasteiger partial charge in [-0.2, -0.15) is 5.10 Å². The molecule has 2 rings (SSSR count). The molecule has 5 nitrogen and oxygen atoms in total. The van der Waals surface area contributed by atoms with Gasteiger partial charge in [-0.1, -0.05) is 6.92 Å². The zero-order chi connectivity index (χ0) is 13.8. The summed E-state index contributed by atoms with van der Waals surface area (Å²) in [5.41, 5.74) is 1.65. The minimum Gasteiger partial charge on any atom is -0.340 e. The average molecular weight is 264 g/mol. The predicted octanol–water partition coefficient (Wildman–Crippen LogP) is 1.05. The average Bonchev–Trinajstić information content (AvgIpc) is 2.80. The Bertz CT molecular complexity index is 435. The molecule has 0 spiro atoms. The zero-order valence-corrected chi connectivity index (χ0v) is 12.1. The van der Waals surface area contributed by atoms with E-state index < -0.39 is 0 Å². The molecule has 0 saturated carbocycles. The van der Waals surface area contributed by atoms with Crippen molar-refractivity contribution >= 4 is 5.91 Å². The van der Waals surface area contributed by atoms with Gasteiger partial charge < -0.3 is 10.2 Å². The number of aromatic nitrogens is 2. The van der Waals surface area contributed by atoms with E-state index in [0.29, 0.717) is 11.6 Å². The van der Waals surface area contributed by atoms with E-state index in [1.807, 2.05) is 32.0 Å². The highest BCUT2D eigenvalue weighted by molar-refractivity contribution is 5.92. The summed E-state index contributed by atoms with van der Waals surface area (Å²) in [5, 5.41) is 7.72. The van der Waals surface area contributed by atoms with Crippen LogP contribution in [0.1, 0.15) is 35.9 Å². The molecule has 0 aliphatic carbocycles. The standard InChI is InChI=1S/C14H24N4O/c1-4-12-8-13(18(3)16-12)14(19)17(2)10-11-6-5-7-15-9-11/h8,11,15H,4-7,9-10H2,1-3H3. The molecule has 1 unspecified atom stereocenters. The van der Waals surface area contributed by atoms with Gasteiger partial charge in [0, 0.05) is 20.6 Å². The van der Waals surface area contributed by atoms with Crippen LogP contribution in [0.15, 0.2) is 6.07 Å². The van der Waals surface area contributed by atoms with Crippen molar-refractivity contribution in [2.24, 2.45) is 13.0 Å². The summed E-state index contributed by atoms with van der Waals surface area (Å²) in [6.07, 6.45) is 3.27. The number of hydrogen-bond acceptors (Lipinski definition) is 3. The molecule has 1 N–H and O–H groups in total. The van der Waals surface area contributed by atoms with Crippen molar-refractivity contribution in [3.63, 3.8) is 0 Å². The van der Waals surface area contributed by atoms with Gasteiger partial charge in [-0.3, -0.25) is 9.48 Å². The number of nitrogens with one attached hydrogen (secondary N) is 1. The highest BCUT2D eigenvalue weighted by Gasteiger charge is 2.21. The van der Waals surface area contributed by atoms with Crippen LogP contribution in [0.4, 0.5) is 0 Å². The van der Waals surface area contributed by atoms with Crippen LogP contribution in [0.2, 0.25) is 0 Å². The molecule has 5 heteroatoms. The van der Waals surface area contributed by atoms with E-state index in [2.05, 4.69) is 10.4 Å². The van der Waals surface area contributed by atoms with Gasteiger partial charge in [-0.25, -0.2) is 0 Å². The number of hydrogen-bond donors (Lipinski definition) is 1. The second-order valence-electron chi connectivity index (χ2n) is 5.40. The summed E-state index contributed by atoms with van der Waals surface area (Å²) in [5.74, 6) is 0.641. The number of nitrogens with zero attached hydrogens (tertiary/aromatic N) is 3. The van der Waals surface area contributed by atoms with Crippen molar-refractivity contribution in [3.8, 4) is 0 Å². The predicted molar refractivity (Wildman–Crippen MR) is 75.1 cm³/mol. The first-order valence-electron chi connectivity index (χ1n) is 7.11. The van der Waals surface area contributed by atoms with E-state index in [1.165, 1.54) is 12.8 Å². The van der Waals surface area contributed by atoms with Crippen molar-refractivity contribution in [1.82, 2.24) is 20.0 Å². The third kappa shape index (κ3) is 3.35. The largest absolute Gasteiger partial charge is 0.340 e. The summed E-state index contributed by atoms with van der Waals surface area (Å²) in [6.45, 7) is 4.99. The van der Waals surface area contributed by atoms with E-state index in [-0.39, 0.29) is 5.91 Å². The molecule has 0 bridgehead atoms. The van der Waals surface area contributed by atoms with E-state index in [0.717, 1.165) is 31.7 Å². The third-order valence-electron chi connectivity index (χ3n) is 3.79. The Kier molecular flexibility index (Phi) is 4.58. The van der Waals surface area contributed by atoms with E-state index in [9.17, 15) is 4.79 Å². The Morgan fingerprint density at radius 3 is 3.00 bits per heavy atom. The minimum atomic E-state index is 0.0697. The second kappa shape index (κ2) is 6.19. The van der Waals surface area contributed by atoms with Gasteiger partial charge >= 0.3 is 0 Å². The molecule has 1 aliphatic heterocycles. The highest BCUT2D eigenvalue weighted by atomic mass is 16.2. The number of piperidine rings is 1. The first-order valence-corrected chi connectivity index (χ1v) is 7.11. The lowest BCUT2D eigenvalue weighted by molar-refractivity contribution is 0.0754. The third-order valence-corrected chi connectivity index (χ3v) is 3.79. The monoisotopic (exact) mass is 264 g/mol. The van der Waals surface area contributed by atoms with Gasteiger partial charge in [0.05, 0.1) is 5.69 Å². The van der Waals surface area contributed by atoms with Crippen LogP contribution in [-0.4, -0.2) is 47.3 Å². The van der Waals surface area contributed by atoms with Gasteiger partial charge in [0.1, 0.15) is 5.69 Å². The Balaban J connectivity index is 1.99. The maximum Gasteiger partial charge on any atom is 0.271 e. The molecule has 1 fully saturated rings. The first kappa shape index (κ1) is 14.1. The summed E-state index contributed by atoms with van der Waals surface area (Å²) >= 11 is 0. The SMILES string of the molecule is CCc1cc(C(=O)N(C)CC2CCCNC2)n(C)n1. The second-order valence-corrected chi connectivity index (χ2v) is 5.40. The number of aryl methyl sites for hydroxylation is 2. The van der Waals surface area contributed by atoms with Crippen molar-refractivity contribution < 1.29 is 4.79 Å². The molecule has 0 radical (unpaired) electrons. The maximum absolute atomic E-state index is 12.4. The van der Waals surface area contributed by atoms with Crippen LogP contribution >= 0.6 is 0 Å². The molecule has 1 saturated heterocycles. The topological polar surface area (TPSA) is 50.2 Å². The number of rotatable bonds is 4. The Morgan fingerprint density at radius 2 is 2.42 bits per heavy atom. The first-order chi connectivity index (χ1) is 9.11. The van der Waals surface area contributed by atoms with Gasteiger partial charge in [0.25, 0.3) is 5.91 Å². The fourth-order valence-electron chi connectivity index (χ4n) is 2.65. The van der Waals surface area contributed by atoms with Crippen LogP contribution in [0.25, 0.3) is 0 Å². The molecule has 1 aliphatic rings. The summed E-state index contributed by atoms with van der Waals surface area (Å²) < 4.78 is 1.69. The van der Waals surface area contributed by atoms with Crippen LogP contribution in [0.5, 0.6) is 0 Å². The smallest absolute Gasteiger partial charge is 0.271 e. The van der Waals surface area contributed by atoms with Crippen LogP contribution < -0.4 is 5.32 Å². The van der Waals surface area contributed by atoms with Gasteiger partial charge in [-0.15, -0.1) is 0 Å². The Hall–Kier alpha value is -1.36.